The lowest BCUT2D eigenvalue weighted by Gasteiger charge is -2.10. The molecule has 4 nitrogen and oxygen atoms in total. The van der Waals surface area contributed by atoms with Crippen molar-refractivity contribution >= 4 is 17.5 Å². The third-order valence-corrected chi connectivity index (χ3v) is 3.16. The third kappa shape index (κ3) is 2.93. The van der Waals surface area contributed by atoms with Crippen LogP contribution in [0.1, 0.15) is 11.1 Å². The lowest BCUT2D eigenvalue weighted by atomic mass is 10.1. The molecule has 1 N–H and O–H groups in total. The van der Waals surface area contributed by atoms with Crippen molar-refractivity contribution in [3.05, 3.63) is 40.3 Å². The van der Waals surface area contributed by atoms with Gasteiger partial charge in [-0.1, -0.05) is 11.6 Å². The first kappa shape index (κ1) is 13.5. The summed E-state index contributed by atoms with van der Waals surface area (Å²) in [6.07, 6.45) is 1.06. The molecule has 2 rings (SSSR count). The lowest BCUT2D eigenvalue weighted by Crippen LogP contribution is -2.00. The molecule has 100 valence electrons. The van der Waals surface area contributed by atoms with Crippen LogP contribution in [0.5, 0.6) is 11.6 Å². The molecule has 0 saturated heterocycles. The number of rotatable bonds is 3. The van der Waals surface area contributed by atoms with Gasteiger partial charge in [-0.25, -0.2) is 4.98 Å². The molecule has 0 aliphatic rings. The molecule has 0 atom stereocenters. The summed E-state index contributed by atoms with van der Waals surface area (Å²) in [5.74, 6) is 0.0302. The van der Waals surface area contributed by atoms with E-state index in [-0.39, 0.29) is 5.88 Å². The highest BCUT2D eigenvalue weighted by atomic mass is 35.5. The van der Waals surface area contributed by atoms with Crippen molar-refractivity contribution in [1.29, 1.82) is 0 Å². The summed E-state index contributed by atoms with van der Waals surface area (Å²) in [5, 5.41) is 3.39. The van der Waals surface area contributed by atoms with Gasteiger partial charge in [0.15, 0.2) is 0 Å². The first-order chi connectivity index (χ1) is 9.01. The minimum Gasteiger partial charge on any atom is -0.436 e. The fraction of sp³-hybridized carbons (Fsp3) is 0.231. The van der Waals surface area contributed by atoms with E-state index in [2.05, 4.69) is 15.3 Å². The van der Waals surface area contributed by atoms with Crippen molar-refractivity contribution in [3.8, 4) is 11.6 Å². The van der Waals surface area contributed by atoms with Crippen LogP contribution in [0.15, 0.2) is 18.3 Å². The predicted octanol–water partition coefficient (Wildman–Crippen LogP) is 3.72. The van der Waals surface area contributed by atoms with Gasteiger partial charge in [-0.2, -0.15) is 9.37 Å². The molecule has 0 bridgehead atoms. The Labute approximate surface area is 115 Å². The molecule has 0 fully saturated rings. The highest BCUT2D eigenvalue weighted by Crippen LogP contribution is 2.29. The van der Waals surface area contributed by atoms with E-state index in [9.17, 15) is 4.39 Å². The lowest BCUT2D eigenvalue weighted by molar-refractivity contribution is 0.420. The Morgan fingerprint density at radius 3 is 2.47 bits per heavy atom. The zero-order chi connectivity index (χ0) is 14.0. The van der Waals surface area contributed by atoms with Crippen LogP contribution in [0.2, 0.25) is 5.02 Å². The van der Waals surface area contributed by atoms with Gasteiger partial charge in [0.2, 0.25) is 11.8 Å². The number of benzene rings is 1. The van der Waals surface area contributed by atoms with Gasteiger partial charge in [0.25, 0.3) is 5.88 Å². The van der Waals surface area contributed by atoms with Gasteiger partial charge in [-0.15, -0.1) is 0 Å². The first-order valence-electron chi connectivity index (χ1n) is 5.66. The minimum atomic E-state index is -0.621. The second-order valence-corrected chi connectivity index (χ2v) is 4.45. The van der Waals surface area contributed by atoms with Crippen LogP contribution in [0, 0.1) is 19.7 Å². The van der Waals surface area contributed by atoms with Crippen LogP contribution in [0.3, 0.4) is 0 Å². The standard InChI is InChI=1S/C13H13ClFN3O/c1-7-4-9(5-8(2)11(7)14)19-12-10(15)6-17-13(16-3)18-12/h4-6H,1-3H3,(H,16,17,18). The van der Waals surface area contributed by atoms with E-state index in [0.29, 0.717) is 16.7 Å². The Kier molecular flexibility index (Phi) is 3.85. The number of aryl methyl sites for hydroxylation is 2. The van der Waals surface area contributed by atoms with Gasteiger partial charge >= 0.3 is 0 Å². The van der Waals surface area contributed by atoms with Gasteiger partial charge in [0.05, 0.1) is 6.20 Å². The molecule has 2 aromatic rings. The summed E-state index contributed by atoms with van der Waals surface area (Å²) in [7, 11) is 1.65. The van der Waals surface area contributed by atoms with E-state index < -0.39 is 5.82 Å². The molecule has 0 radical (unpaired) electrons. The molecule has 1 heterocycles. The second-order valence-electron chi connectivity index (χ2n) is 4.07. The maximum Gasteiger partial charge on any atom is 0.260 e. The summed E-state index contributed by atoms with van der Waals surface area (Å²) in [5.41, 5.74) is 1.72. The van der Waals surface area contributed by atoms with E-state index in [0.717, 1.165) is 17.3 Å². The summed E-state index contributed by atoms with van der Waals surface area (Å²) >= 11 is 6.07. The molecule has 6 heteroatoms. The monoisotopic (exact) mass is 281 g/mol. The number of aromatic nitrogens is 2. The Hall–Kier alpha value is -1.88. The molecule has 0 aliphatic carbocycles. The smallest absolute Gasteiger partial charge is 0.260 e. The number of halogens is 2. The van der Waals surface area contributed by atoms with E-state index in [1.165, 1.54) is 0 Å². The number of ether oxygens (including phenoxy) is 1. The molecular formula is C13H13ClFN3O. The van der Waals surface area contributed by atoms with Crippen molar-refractivity contribution in [3.63, 3.8) is 0 Å². The molecule has 19 heavy (non-hydrogen) atoms. The normalized spacial score (nSPS) is 10.4. The molecule has 0 amide bonds. The van der Waals surface area contributed by atoms with Crippen molar-refractivity contribution in [1.82, 2.24) is 9.97 Å². The van der Waals surface area contributed by atoms with Crippen LogP contribution in [0.4, 0.5) is 10.3 Å². The maximum absolute atomic E-state index is 13.6. The number of hydrogen-bond donors (Lipinski definition) is 1. The van der Waals surface area contributed by atoms with Crippen LogP contribution in [0.25, 0.3) is 0 Å². The number of hydrogen-bond acceptors (Lipinski definition) is 4. The summed E-state index contributed by atoms with van der Waals surface area (Å²) in [4.78, 5) is 7.67. The van der Waals surface area contributed by atoms with E-state index in [1.807, 2.05) is 13.8 Å². The Bertz CT molecular complexity index is 596. The highest BCUT2D eigenvalue weighted by Gasteiger charge is 2.10. The quantitative estimate of drug-likeness (QED) is 0.931. The molecule has 0 aliphatic heterocycles. The van der Waals surface area contributed by atoms with Crippen molar-refractivity contribution in [2.45, 2.75) is 13.8 Å². The topological polar surface area (TPSA) is 47.0 Å². The summed E-state index contributed by atoms with van der Waals surface area (Å²) in [6, 6.07) is 3.46. The number of anilines is 1. The van der Waals surface area contributed by atoms with Gasteiger partial charge in [0, 0.05) is 12.1 Å². The predicted molar refractivity (Wildman–Crippen MR) is 72.5 cm³/mol. The number of nitrogens with zero attached hydrogens (tertiary/aromatic N) is 2. The first-order valence-corrected chi connectivity index (χ1v) is 6.04. The molecular weight excluding hydrogens is 269 g/mol. The fourth-order valence-electron chi connectivity index (χ4n) is 1.62. The second kappa shape index (κ2) is 5.40. The molecule has 0 saturated carbocycles. The van der Waals surface area contributed by atoms with Crippen LogP contribution >= 0.6 is 11.6 Å². The minimum absolute atomic E-state index is 0.125. The Morgan fingerprint density at radius 1 is 1.26 bits per heavy atom. The van der Waals surface area contributed by atoms with Crippen LogP contribution < -0.4 is 10.1 Å². The Morgan fingerprint density at radius 2 is 1.89 bits per heavy atom. The Balaban J connectivity index is 2.36. The van der Waals surface area contributed by atoms with Gasteiger partial charge in [-0.05, 0) is 37.1 Å². The van der Waals surface area contributed by atoms with Gasteiger partial charge in [-0.3, -0.25) is 0 Å². The van der Waals surface area contributed by atoms with E-state index in [4.69, 9.17) is 16.3 Å². The van der Waals surface area contributed by atoms with Crippen molar-refractivity contribution < 1.29 is 9.13 Å². The number of nitrogens with one attached hydrogen (secondary N) is 1. The molecule has 1 aromatic carbocycles. The summed E-state index contributed by atoms with van der Waals surface area (Å²) < 4.78 is 19.0. The zero-order valence-electron chi connectivity index (χ0n) is 10.8. The van der Waals surface area contributed by atoms with E-state index >= 15 is 0 Å². The molecule has 0 unspecified atom stereocenters. The highest BCUT2D eigenvalue weighted by molar-refractivity contribution is 6.32. The van der Waals surface area contributed by atoms with Crippen molar-refractivity contribution in [2.24, 2.45) is 0 Å². The fourth-order valence-corrected chi connectivity index (χ4v) is 1.73. The van der Waals surface area contributed by atoms with Gasteiger partial charge in [0.1, 0.15) is 5.75 Å². The summed E-state index contributed by atoms with van der Waals surface area (Å²) in [6.45, 7) is 3.72. The van der Waals surface area contributed by atoms with Crippen molar-refractivity contribution in [2.75, 3.05) is 12.4 Å². The van der Waals surface area contributed by atoms with Gasteiger partial charge < -0.3 is 10.1 Å². The third-order valence-electron chi connectivity index (χ3n) is 2.56. The SMILES string of the molecule is CNc1ncc(F)c(Oc2cc(C)c(Cl)c(C)c2)n1. The largest absolute Gasteiger partial charge is 0.436 e. The van der Waals surface area contributed by atoms with E-state index in [1.54, 1.807) is 19.2 Å². The molecule has 0 spiro atoms. The molecule has 1 aromatic heterocycles. The van der Waals surface area contributed by atoms with Crippen LogP contribution in [-0.4, -0.2) is 17.0 Å². The average Bonchev–Trinajstić information content (AvgIpc) is 2.38. The zero-order valence-corrected chi connectivity index (χ0v) is 11.5. The average molecular weight is 282 g/mol. The van der Waals surface area contributed by atoms with Crippen LogP contribution in [-0.2, 0) is 0 Å². The maximum atomic E-state index is 13.6.